The normalized spacial score (nSPS) is 17.9. The van der Waals surface area contributed by atoms with E-state index in [0.717, 1.165) is 26.2 Å². The number of nitrogens with one attached hydrogen (secondary N) is 1. The van der Waals surface area contributed by atoms with Gasteiger partial charge in [0.25, 0.3) is 0 Å². The molecule has 8 nitrogen and oxygen atoms in total. The van der Waals surface area contributed by atoms with Crippen LogP contribution < -0.4 is 5.32 Å². The summed E-state index contributed by atoms with van der Waals surface area (Å²) in [4.78, 5) is 14.1. The van der Waals surface area contributed by atoms with E-state index in [0.29, 0.717) is 18.7 Å². The molecule has 0 spiro atoms. The highest BCUT2D eigenvalue weighted by atomic mass is 16.5. The number of ether oxygens (including phenoxy) is 1. The number of carbonyl (C=O) groups excluding carboxylic acids is 1. The Balaban J connectivity index is 2.13. The van der Waals surface area contributed by atoms with E-state index in [-0.39, 0.29) is 12.6 Å². The molecule has 1 saturated heterocycles. The summed E-state index contributed by atoms with van der Waals surface area (Å²) in [5, 5.41) is 20.1. The first-order valence-electron chi connectivity index (χ1n) is 6.79. The Morgan fingerprint density at radius 3 is 2.95 bits per heavy atom. The van der Waals surface area contributed by atoms with Crippen LogP contribution >= 0.6 is 0 Å². The molecule has 0 aromatic carbocycles. The van der Waals surface area contributed by atoms with Crippen LogP contribution in [-0.2, 0) is 16.1 Å². The minimum absolute atomic E-state index is 0.105. The zero-order chi connectivity index (χ0) is 14.4. The van der Waals surface area contributed by atoms with Crippen LogP contribution in [0.3, 0.4) is 0 Å². The number of piperazine rings is 1. The molecule has 2 N–H and O–H groups in total. The van der Waals surface area contributed by atoms with E-state index in [1.165, 1.54) is 7.11 Å². The highest BCUT2D eigenvalue weighted by molar-refractivity contribution is 5.76. The molecule has 0 aliphatic carbocycles. The molecule has 1 atom stereocenters. The Bertz CT molecular complexity index is 430. The van der Waals surface area contributed by atoms with Crippen LogP contribution in [0, 0.1) is 0 Å². The highest BCUT2D eigenvalue weighted by Gasteiger charge is 2.31. The molecule has 1 aliphatic rings. The van der Waals surface area contributed by atoms with Crippen LogP contribution in [0.2, 0.25) is 0 Å². The summed E-state index contributed by atoms with van der Waals surface area (Å²) < 4.78 is 6.53. The van der Waals surface area contributed by atoms with Crippen molar-refractivity contribution >= 4 is 5.97 Å². The Labute approximate surface area is 117 Å². The summed E-state index contributed by atoms with van der Waals surface area (Å²) in [6, 6.07) is -0.509. The van der Waals surface area contributed by atoms with Gasteiger partial charge in [-0.25, -0.2) is 4.79 Å². The van der Waals surface area contributed by atoms with Crippen molar-refractivity contribution in [2.75, 3.05) is 39.9 Å². The van der Waals surface area contributed by atoms with Gasteiger partial charge in [0.05, 0.1) is 13.3 Å². The number of aryl methyl sites for hydroxylation is 1. The lowest BCUT2D eigenvalue weighted by Crippen LogP contribution is -2.47. The Kier molecular flexibility index (Phi) is 5.45. The molecular weight excluding hydrogens is 262 g/mol. The number of aromatic nitrogens is 3. The minimum atomic E-state index is -0.509. The summed E-state index contributed by atoms with van der Waals surface area (Å²) >= 11 is 0. The lowest BCUT2D eigenvalue weighted by atomic mass is 10.1. The van der Waals surface area contributed by atoms with Gasteiger partial charge in [-0.3, -0.25) is 9.58 Å². The maximum Gasteiger partial charge on any atom is 0.329 e. The summed E-state index contributed by atoms with van der Waals surface area (Å²) in [6.45, 7) is 3.90. The molecule has 1 aromatic rings. The second-order valence-electron chi connectivity index (χ2n) is 4.70. The molecule has 1 fully saturated rings. The van der Waals surface area contributed by atoms with Gasteiger partial charge in [0, 0.05) is 39.3 Å². The van der Waals surface area contributed by atoms with Gasteiger partial charge in [0.1, 0.15) is 5.69 Å². The fraction of sp³-hybridized carbons (Fsp3) is 0.750. The fourth-order valence-electron chi connectivity index (χ4n) is 2.29. The molecule has 0 amide bonds. The Hall–Kier alpha value is -1.51. The zero-order valence-electron chi connectivity index (χ0n) is 11.7. The molecule has 20 heavy (non-hydrogen) atoms. The van der Waals surface area contributed by atoms with Gasteiger partial charge >= 0.3 is 5.97 Å². The van der Waals surface area contributed by atoms with Crippen LogP contribution in [-0.4, -0.2) is 70.9 Å². The number of aliphatic hydroxyl groups excluding tert-OH is 1. The smallest absolute Gasteiger partial charge is 0.329 e. The molecule has 2 heterocycles. The first-order chi connectivity index (χ1) is 9.76. The number of hydrogen-bond acceptors (Lipinski definition) is 7. The maximum atomic E-state index is 12.0. The summed E-state index contributed by atoms with van der Waals surface area (Å²) in [7, 11) is 1.38. The van der Waals surface area contributed by atoms with E-state index in [1.807, 2.05) is 4.90 Å². The molecule has 8 heteroatoms. The predicted molar refractivity (Wildman–Crippen MR) is 70.9 cm³/mol. The molecule has 0 radical (unpaired) electrons. The minimum Gasteiger partial charge on any atom is -0.468 e. The SMILES string of the molecule is COC(=O)C(c1cn(CCCO)nn1)N1CCNCC1. The standard InChI is InChI=1S/C12H21N5O3/c1-20-12(19)11(16-6-3-13-4-7-16)10-9-17(15-14-10)5-2-8-18/h9,11,13,18H,2-8H2,1H3. The lowest BCUT2D eigenvalue weighted by Gasteiger charge is -2.31. The molecular formula is C12H21N5O3. The highest BCUT2D eigenvalue weighted by Crippen LogP contribution is 2.20. The van der Waals surface area contributed by atoms with Crippen molar-refractivity contribution in [3.05, 3.63) is 11.9 Å². The number of nitrogens with zero attached hydrogens (tertiary/aromatic N) is 4. The van der Waals surface area contributed by atoms with Gasteiger partial charge in [-0.2, -0.15) is 0 Å². The summed E-state index contributed by atoms with van der Waals surface area (Å²) in [6.07, 6.45) is 2.36. The van der Waals surface area contributed by atoms with E-state index in [2.05, 4.69) is 15.6 Å². The number of hydrogen-bond donors (Lipinski definition) is 2. The predicted octanol–water partition coefficient (Wildman–Crippen LogP) is -1.22. The Morgan fingerprint density at radius 2 is 2.30 bits per heavy atom. The van der Waals surface area contributed by atoms with Crippen molar-refractivity contribution in [1.82, 2.24) is 25.2 Å². The van der Waals surface area contributed by atoms with Gasteiger partial charge in [-0.1, -0.05) is 5.21 Å². The van der Waals surface area contributed by atoms with E-state index >= 15 is 0 Å². The van der Waals surface area contributed by atoms with Crippen LogP contribution in [0.4, 0.5) is 0 Å². The number of methoxy groups -OCH3 is 1. The van der Waals surface area contributed by atoms with Gasteiger partial charge in [0.15, 0.2) is 6.04 Å². The second-order valence-corrected chi connectivity index (χ2v) is 4.70. The second kappa shape index (κ2) is 7.32. The topological polar surface area (TPSA) is 92.5 Å². The average Bonchev–Trinajstić information content (AvgIpc) is 2.94. The number of aliphatic hydroxyl groups is 1. The number of rotatable bonds is 6. The first kappa shape index (κ1) is 14.9. The maximum absolute atomic E-state index is 12.0. The average molecular weight is 283 g/mol. The fourth-order valence-corrected chi connectivity index (χ4v) is 2.29. The molecule has 1 aromatic heterocycles. The summed E-state index contributed by atoms with van der Waals surface area (Å²) in [5.74, 6) is -0.318. The summed E-state index contributed by atoms with van der Waals surface area (Å²) in [5.41, 5.74) is 0.594. The van der Waals surface area contributed by atoms with Crippen LogP contribution in [0.5, 0.6) is 0 Å². The lowest BCUT2D eigenvalue weighted by molar-refractivity contribution is -0.147. The van der Waals surface area contributed by atoms with E-state index in [4.69, 9.17) is 9.84 Å². The van der Waals surface area contributed by atoms with Crippen molar-refractivity contribution in [1.29, 1.82) is 0 Å². The van der Waals surface area contributed by atoms with Crippen molar-refractivity contribution in [2.24, 2.45) is 0 Å². The van der Waals surface area contributed by atoms with E-state index in [9.17, 15) is 4.79 Å². The van der Waals surface area contributed by atoms with Crippen molar-refractivity contribution in [3.8, 4) is 0 Å². The van der Waals surface area contributed by atoms with E-state index in [1.54, 1.807) is 10.9 Å². The molecule has 1 unspecified atom stereocenters. The molecule has 1 aliphatic heterocycles. The molecule has 2 rings (SSSR count). The molecule has 0 saturated carbocycles. The quantitative estimate of drug-likeness (QED) is 0.632. The van der Waals surface area contributed by atoms with Crippen LogP contribution in [0.1, 0.15) is 18.2 Å². The van der Waals surface area contributed by atoms with E-state index < -0.39 is 6.04 Å². The Morgan fingerprint density at radius 1 is 1.55 bits per heavy atom. The van der Waals surface area contributed by atoms with Gasteiger partial charge in [-0.05, 0) is 6.42 Å². The van der Waals surface area contributed by atoms with Crippen molar-refractivity contribution in [3.63, 3.8) is 0 Å². The third kappa shape index (κ3) is 3.53. The van der Waals surface area contributed by atoms with Crippen LogP contribution in [0.15, 0.2) is 6.20 Å². The molecule has 112 valence electrons. The van der Waals surface area contributed by atoms with Gasteiger partial charge < -0.3 is 15.2 Å². The third-order valence-electron chi connectivity index (χ3n) is 3.32. The molecule has 0 bridgehead atoms. The third-order valence-corrected chi connectivity index (χ3v) is 3.32. The largest absolute Gasteiger partial charge is 0.468 e. The van der Waals surface area contributed by atoms with Gasteiger partial charge in [0.2, 0.25) is 0 Å². The van der Waals surface area contributed by atoms with Crippen LogP contribution in [0.25, 0.3) is 0 Å². The van der Waals surface area contributed by atoms with Crippen molar-refractivity contribution in [2.45, 2.75) is 19.0 Å². The van der Waals surface area contributed by atoms with Gasteiger partial charge in [-0.15, -0.1) is 5.10 Å². The first-order valence-corrected chi connectivity index (χ1v) is 6.79. The number of esters is 1. The zero-order valence-corrected chi connectivity index (χ0v) is 11.7. The monoisotopic (exact) mass is 283 g/mol. The number of carbonyl (C=O) groups is 1. The van der Waals surface area contributed by atoms with Crippen molar-refractivity contribution < 1.29 is 14.6 Å².